The summed E-state index contributed by atoms with van der Waals surface area (Å²) >= 11 is 0. The molecule has 8 aromatic rings. The molecule has 0 N–H and O–H groups in total. The van der Waals surface area contributed by atoms with Crippen LogP contribution in [-0.2, 0) is 0 Å². The predicted octanol–water partition coefficient (Wildman–Crippen LogP) is 10.9. The Morgan fingerprint density at radius 1 is 0.317 bits per heavy atom. The van der Waals surface area contributed by atoms with E-state index >= 15 is 0 Å². The second-order valence-electron chi connectivity index (χ2n) is 10.6. The van der Waals surface area contributed by atoms with Crippen molar-refractivity contribution in [1.82, 2.24) is 4.57 Å². The van der Waals surface area contributed by atoms with E-state index in [1.165, 1.54) is 66.0 Å². The van der Waals surface area contributed by atoms with Gasteiger partial charge in [-0.25, -0.2) is 0 Å². The van der Waals surface area contributed by atoms with Crippen LogP contribution in [0.4, 0.5) is 0 Å². The van der Waals surface area contributed by atoms with Gasteiger partial charge in [-0.3, -0.25) is 0 Å². The maximum atomic E-state index is 2.42. The van der Waals surface area contributed by atoms with Crippen molar-refractivity contribution in [2.45, 2.75) is 0 Å². The molecular formula is C40H27N. The first-order valence-corrected chi connectivity index (χ1v) is 14.1. The zero-order valence-corrected chi connectivity index (χ0v) is 22.5. The minimum Gasteiger partial charge on any atom is -0.309 e. The number of rotatable bonds is 4. The molecule has 0 radical (unpaired) electrons. The van der Waals surface area contributed by atoms with Gasteiger partial charge in [-0.05, 0) is 86.6 Å². The molecule has 0 spiro atoms. The van der Waals surface area contributed by atoms with Crippen molar-refractivity contribution in [3.8, 4) is 39.1 Å². The molecule has 0 bridgehead atoms. The average Bonchev–Trinajstić information content (AvgIpc) is 3.40. The molecule has 0 saturated carbocycles. The number of hydrogen-bond donors (Lipinski definition) is 0. The van der Waals surface area contributed by atoms with Crippen molar-refractivity contribution >= 4 is 32.6 Å². The van der Waals surface area contributed by atoms with Crippen molar-refractivity contribution in [2.75, 3.05) is 0 Å². The van der Waals surface area contributed by atoms with Gasteiger partial charge in [0.05, 0.1) is 11.0 Å². The molecule has 1 aromatic heterocycles. The number of para-hydroxylation sites is 1. The highest BCUT2D eigenvalue weighted by molar-refractivity contribution is 6.21. The molecule has 7 aromatic carbocycles. The fourth-order valence-electron chi connectivity index (χ4n) is 6.23. The van der Waals surface area contributed by atoms with E-state index in [-0.39, 0.29) is 0 Å². The molecule has 1 heteroatoms. The maximum Gasteiger partial charge on any atom is 0.0547 e. The lowest BCUT2D eigenvalue weighted by molar-refractivity contribution is 1.18. The van der Waals surface area contributed by atoms with E-state index in [0.717, 1.165) is 5.69 Å². The second kappa shape index (κ2) is 9.66. The van der Waals surface area contributed by atoms with Gasteiger partial charge in [0, 0.05) is 16.5 Å². The van der Waals surface area contributed by atoms with Gasteiger partial charge >= 0.3 is 0 Å². The monoisotopic (exact) mass is 521 g/mol. The Kier molecular flexibility index (Phi) is 5.53. The van der Waals surface area contributed by atoms with E-state index in [9.17, 15) is 0 Å². The Morgan fingerprint density at radius 3 is 1.59 bits per heavy atom. The number of aromatic nitrogens is 1. The van der Waals surface area contributed by atoms with Gasteiger partial charge in [0.15, 0.2) is 0 Å². The first-order chi connectivity index (χ1) is 20.3. The Labute approximate surface area is 239 Å². The molecule has 8 rings (SSSR count). The number of hydrogen-bond acceptors (Lipinski definition) is 0. The highest BCUT2D eigenvalue weighted by atomic mass is 15.0. The van der Waals surface area contributed by atoms with Crippen molar-refractivity contribution < 1.29 is 0 Å². The van der Waals surface area contributed by atoms with Crippen molar-refractivity contribution in [3.63, 3.8) is 0 Å². The first kappa shape index (κ1) is 23.5. The Hall–Kier alpha value is -5.40. The molecule has 0 saturated heterocycles. The van der Waals surface area contributed by atoms with Crippen LogP contribution < -0.4 is 0 Å². The van der Waals surface area contributed by atoms with Gasteiger partial charge in [0.1, 0.15) is 0 Å². The third kappa shape index (κ3) is 4.02. The van der Waals surface area contributed by atoms with Crippen LogP contribution in [0.1, 0.15) is 0 Å². The smallest absolute Gasteiger partial charge is 0.0547 e. The lowest BCUT2D eigenvalue weighted by Crippen LogP contribution is -1.94. The maximum absolute atomic E-state index is 2.42. The summed E-state index contributed by atoms with van der Waals surface area (Å²) in [4.78, 5) is 0. The summed E-state index contributed by atoms with van der Waals surface area (Å²) in [5.74, 6) is 0. The van der Waals surface area contributed by atoms with E-state index < -0.39 is 0 Å². The van der Waals surface area contributed by atoms with Gasteiger partial charge in [-0.2, -0.15) is 0 Å². The van der Waals surface area contributed by atoms with Crippen molar-refractivity contribution in [3.05, 3.63) is 164 Å². The van der Waals surface area contributed by atoms with Gasteiger partial charge in [0.2, 0.25) is 0 Å². The van der Waals surface area contributed by atoms with Crippen LogP contribution in [-0.4, -0.2) is 4.57 Å². The minimum atomic E-state index is 1.16. The molecule has 0 atom stereocenters. The highest BCUT2D eigenvalue weighted by Gasteiger charge is 2.15. The lowest BCUT2D eigenvalue weighted by Gasteiger charge is -2.13. The molecule has 0 fully saturated rings. The fourth-order valence-corrected chi connectivity index (χ4v) is 6.23. The molecule has 192 valence electrons. The van der Waals surface area contributed by atoms with Crippen molar-refractivity contribution in [1.29, 1.82) is 0 Å². The molecule has 0 amide bonds. The average molecular weight is 522 g/mol. The van der Waals surface area contributed by atoms with Crippen LogP contribution in [0.3, 0.4) is 0 Å². The predicted molar refractivity (Wildman–Crippen MR) is 175 cm³/mol. The molecule has 0 aliphatic rings. The summed E-state index contributed by atoms with van der Waals surface area (Å²) in [6.07, 6.45) is 0. The summed E-state index contributed by atoms with van der Waals surface area (Å²) in [5.41, 5.74) is 10.9. The Morgan fingerprint density at radius 2 is 0.878 bits per heavy atom. The quantitative estimate of drug-likeness (QED) is 0.217. The largest absolute Gasteiger partial charge is 0.309 e. The molecular weight excluding hydrogens is 494 g/mol. The van der Waals surface area contributed by atoms with Gasteiger partial charge in [-0.1, -0.05) is 121 Å². The summed E-state index contributed by atoms with van der Waals surface area (Å²) in [5, 5.41) is 5.14. The standard InChI is InChI=1S/C40H27N/c1-3-12-28(13-4-1)32-24-33(29-14-5-2-6-15-29)26-34(25-32)31-17-11-18-35(27-31)41-38-21-10-9-20-37(38)40-36-19-8-7-16-30(36)22-23-39(40)41/h1-27H. The van der Waals surface area contributed by atoms with E-state index in [1.54, 1.807) is 0 Å². The van der Waals surface area contributed by atoms with Crippen LogP contribution in [0.15, 0.2) is 164 Å². The van der Waals surface area contributed by atoms with E-state index in [0.29, 0.717) is 0 Å². The molecule has 0 unspecified atom stereocenters. The van der Waals surface area contributed by atoms with Crippen molar-refractivity contribution in [2.24, 2.45) is 0 Å². The zero-order valence-electron chi connectivity index (χ0n) is 22.5. The van der Waals surface area contributed by atoms with Gasteiger partial charge < -0.3 is 4.57 Å². The third-order valence-corrected chi connectivity index (χ3v) is 8.15. The Balaban J connectivity index is 1.35. The zero-order chi connectivity index (χ0) is 27.2. The molecule has 0 aliphatic carbocycles. The normalized spacial score (nSPS) is 11.4. The van der Waals surface area contributed by atoms with E-state index in [2.05, 4.69) is 168 Å². The SMILES string of the molecule is c1ccc(-c2cc(-c3ccccc3)cc(-c3cccc(-n4c5ccccc5c5c6ccccc6ccc54)c3)c2)cc1. The number of nitrogens with zero attached hydrogens (tertiary/aromatic N) is 1. The van der Waals surface area contributed by atoms with E-state index in [1.807, 2.05) is 0 Å². The lowest BCUT2D eigenvalue weighted by atomic mass is 9.93. The summed E-state index contributed by atoms with van der Waals surface area (Å²) in [6.45, 7) is 0. The molecule has 0 aliphatic heterocycles. The summed E-state index contributed by atoms with van der Waals surface area (Å²) in [7, 11) is 0. The van der Waals surface area contributed by atoms with Crippen LogP contribution >= 0.6 is 0 Å². The van der Waals surface area contributed by atoms with Gasteiger partial charge in [-0.15, -0.1) is 0 Å². The number of benzene rings is 7. The van der Waals surface area contributed by atoms with E-state index in [4.69, 9.17) is 0 Å². The van der Waals surface area contributed by atoms with Crippen LogP contribution in [0.2, 0.25) is 0 Å². The molecule has 1 nitrogen and oxygen atoms in total. The summed E-state index contributed by atoms with van der Waals surface area (Å²) in [6, 6.07) is 59.2. The Bertz CT molecular complexity index is 2130. The fraction of sp³-hybridized carbons (Fsp3) is 0. The van der Waals surface area contributed by atoms with Crippen LogP contribution in [0.25, 0.3) is 71.6 Å². The molecule has 41 heavy (non-hydrogen) atoms. The highest BCUT2D eigenvalue weighted by Crippen LogP contribution is 2.38. The minimum absolute atomic E-state index is 1.16. The second-order valence-corrected chi connectivity index (χ2v) is 10.6. The van der Waals surface area contributed by atoms with Crippen LogP contribution in [0, 0.1) is 0 Å². The molecule has 1 heterocycles. The topological polar surface area (TPSA) is 4.93 Å². The summed E-state index contributed by atoms with van der Waals surface area (Å²) < 4.78 is 2.42. The van der Waals surface area contributed by atoms with Gasteiger partial charge in [0.25, 0.3) is 0 Å². The first-order valence-electron chi connectivity index (χ1n) is 14.1. The number of fused-ring (bicyclic) bond motifs is 5. The van der Waals surface area contributed by atoms with Crippen LogP contribution in [0.5, 0.6) is 0 Å². The third-order valence-electron chi connectivity index (χ3n) is 8.15.